The number of aliphatic carboxylic acids is 2. The molecule has 0 saturated carbocycles. The Kier molecular flexibility index (Phi) is 9.56. The van der Waals surface area contributed by atoms with Gasteiger partial charge in [-0.05, 0) is 67.9 Å². The van der Waals surface area contributed by atoms with E-state index in [0.29, 0.717) is 40.1 Å². The monoisotopic (exact) mass is 654 g/mol. The van der Waals surface area contributed by atoms with Gasteiger partial charge >= 0.3 is 17.1 Å². The maximum absolute atomic E-state index is 12.5. The van der Waals surface area contributed by atoms with Crippen LogP contribution >= 0.6 is 0 Å². The fourth-order valence-corrected chi connectivity index (χ4v) is 6.34. The van der Waals surface area contributed by atoms with E-state index in [9.17, 15) is 29.7 Å². The van der Waals surface area contributed by atoms with Crippen molar-refractivity contribution in [1.82, 2.24) is 19.9 Å². The minimum absolute atomic E-state index is 0. The summed E-state index contributed by atoms with van der Waals surface area (Å²) in [5, 5.41) is 36.1. The van der Waals surface area contributed by atoms with Crippen LogP contribution in [0.2, 0.25) is 0 Å². The van der Waals surface area contributed by atoms with Crippen LogP contribution in [0.1, 0.15) is 107 Å². The second-order valence-electron chi connectivity index (χ2n) is 11.3. The van der Waals surface area contributed by atoms with E-state index in [4.69, 9.17) is 15.0 Å². The van der Waals surface area contributed by atoms with Crippen LogP contribution in [0.5, 0.6) is 0 Å². The largest absolute Gasteiger partial charge is 2.00 e. The molecule has 5 rings (SSSR count). The van der Waals surface area contributed by atoms with E-state index in [1.165, 1.54) is 0 Å². The zero-order chi connectivity index (χ0) is 32.0. The average Bonchev–Trinajstić information content (AvgIpc) is 3.63. The Hall–Kier alpha value is -4.47. The fraction of sp³-hybridized carbons (Fsp3) is 0.324. The van der Waals surface area contributed by atoms with Gasteiger partial charge in [-0.3, -0.25) is 4.98 Å². The summed E-state index contributed by atoms with van der Waals surface area (Å²) in [6.07, 6.45) is 1.46. The van der Waals surface area contributed by atoms with Gasteiger partial charge in [0.15, 0.2) is 0 Å². The van der Waals surface area contributed by atoms with Crippen LogP contribution in [0.3, 0.4) is 0 Å². The average molecular weight is 655 g/mol. The molecule has 0 aromatic carbocycles. The molecule has 0 fully saturated rings. The summed E-state index contributed by atoms with van der Waals surface area (Å²) in [5.41, 5.74) is 7.22. The molecule has 11 heteroatoms. The molecule has 5 heterocycles. The molecule has 0 aliphatic carbocycles. The van der Waals surface area contributed by atoms with E-state index in [2.05, 4.69) is 11.6 Å². The van der Waals surface area contributed by atoms with E-state index in [1.807, 2.05) is 33.8 Å². The first-order valence-electron chi connectivity index (χ1n) is 14.5. The molecule has 2 aliphatic rings. The molecule has 0 amide bonds. The van der Waals surface area contributed by atoms with Gasteiger partial charge < -0.3 is 39.7 Å². The molecule has 8 bridgehead atoms. The molecule has 1 radical (unpaired) electrons. The van der Waals surface area contributed by atoms with Gasteiger partial charge in [0, 0.05) is 41.6 Å². The SMILES string of the molecule is C=Cc1c(C)c2cc3nc(c(CC(=O)[O-])c4[n-]c(cc5nc(cc1[n-]2)C(C)=C5CC)c(C)c4C(=O)[O-])C(CCC(=O)[O-])C3C.[Cu+2]. The van der Waals surface area contributed by atoms with Crippen LogP contribution in [-0.4, -0.2) is 27.9 Å². The number of carbonyl (C=O) groups is 3. The molecular formula is C34H31CuN4O6-3. The third-order valence-corrected chi connectivity index (χ3v) is 8.76. The van der Waals surface area contributed by atoms with Crippen molar-refractivity contribution in [2.75, 3.05) is 0 Å². The van der Waals surface area contributed by atoms with Crippen molar-refractivity contribution < 1.29 is 46.8 Å². The van der Waals surface area contributed by atoms with Crippen molar-refractivity contribution in [3.63, 3.8) is 0 Å². The molecule has 0 spiro atoms. The van der Waals surface area contributed by atoms with Crippen LogP contribution in [0.15, 0.2) is 24.8 Å². The summed E-state index contributed by atoms with van der Waals surface area (Å²) in [6.45, 7) is 13.3. The van der Waals surface area contributed by atoms with Crippen LogP contribution in [-0.2, 0) is 33.1 Å². The van der Waals surface area contributed by atoms with Gasteiger partial charge in [-0.25, -0.2) is 4.98 Å². The number of rotatable bonds is 8. The van der Waals surface area contributed by atoms with Gasteiger partial charge in [0.1, 0.15) is 0 Å². The Bertz CT molecular complexity index is 1950. The Morgan fingerprint density at radius 2 is 1.60 bits per heavy atom. The van der Waals surface area contributed by atoms with Crippen LogP contribution in [0, 0.1) is 13.8 Å². The number of aromatic carboxylic acids is 1. The van der Waals surface area contributed by atoms with E-state index in [0.717, 1.165) is 22.3 Å². The van der Waals surface area contributed by atoms with Crippen LogP contribution < -0.4 is 25.3 Å². The van der Waals surface area contributed by atoms with Crippen molar-refractivity contribution in [2.24, 2.45) is 0 Å². The molecule has 3 aromatic heterocycles. The Morgan fingerprint density at radius 1 is 0.933 bits per heavy atom. The first-order valence-corrected chi connectivity index (χ1v) is 14.5. The zero-order valence-corrected chi connectivity index (χ0v) is 26.5. The van der Waals surface area contributed by atoms with Crippen molar-refractivity contribution in [2.45, 2.75) is 72.1 Å². The molecule has 10 nitrogen and oxygen atoms in total. The smallest absolute Gasteiger partial charge is 0.657 e. The quantitative estimate of drug-likeness (QED) is 0.328. The summed E-state index contributed by atoms with van der Waals surface area (Å²) in [7, 11) is 0. The molecule has 0 saturated heterocycles. The van der Waals surface area contributed by atoms with Crippen LogP contribution in [0.25, 0.3) is 39.3 Å². The van der Waals surface area contributed by atoms with Crippen molar-refractivity contribution in [3.8, 4) is 0 Å². The first kappa shape index (κ1) is 33.4. The Labute approximate surface area is 270 Å². The van der Waals surface area contributed by atoms with Crippen molar-refractivity contribution in [1.29, 1.82) is 0 Å². The maximum atomic E-state index is 12.5. The number of carboxylic acids is 3. The standard InChI is InChI=1S/C34H36N4O6.Cu/c1-7-19-15(3)23-12-25-17(5)21(9-10-29(39)40)32(37-25)22(11-30(41)42)33-31(34(43)44)18(6)26(38-33)14-28-20(8-2)16(4)24(36-28)13-27(19)35-23;/h7,12-14,17,21H,1,8-11H2,2-6H3,(H5,35,36,37,38,39,40,41,42,43,44);/q;+2/p-5. The summed E-state index contributed by atoms with van der Waals surface area (Å²) in [5.74, 6) is -5.20. The first-order chi connectivity index (χ1) is 20.9. The molecule has 2 atom stereocenters. The number of aryl methyl sites for hydroxylation is 2. The van der Waals surface area contributed by atoms with Crippen LogP contribution in [0.4, 0.5) is 0 Å². The predicted octanol–water partition coefficient (Wildman–Crippen LogP) is 2.24. The Balaban J connectivity index is 0.00000461. The number of carbonyl (C=O) groups excluding carboxylic acids is 3. The van der Waals surface area contributed by atoms with E-state index in [1.54, 1.807) is 25.1 Å². The third kappa shape index (κ3) is 5.98. The van der Waals surface area contributed by atoms with Gasteiger partial charge in [0.2, 0.25) is 0 Å². The maximum Gasteiger partial charge on any atom is 2.00 e. The Morgan fingerprint density at radius 3 is 2.20 bits per heavy atom. The molecule has 45 heavy (non-hydrogen) atoms. The number of hydrogen-bond acceptors (Lipinski definition) is 8. The number of fused-ring (bicyclic) bond motifs is 8. The number of nitrogens with zero attached hydrogens (tertiary/aromatic N) is 4. The van der Waals surface area contributed by atoms with Gasteiger partial charge in [0.05, 0.1) is 17.4 Å². The normalized spacial score (nSPS) is 15.9. The van der Waals surface area contributed by atoms with Gasteiger partial charge in [-0.15, -0.1) is 22.1 Å². The van der Waals surface area contributed by atoms with E-state index in [-0.39, 0.29) is 63.7 Å². The summed E-state index contributed by atoms with van der Waals surface area (Å²) >= 11 is 0. The van der Waals surface area contributed by atoms with E-state index >= 15 is 0 Å². The molecular weight excluding hydrogens is 624 g/mol. The number of aromatic nitrogens is 4. The van der Waals surface area contributed by atoms with E-state index < -0.39 is 30.2 Å². The summed E-state index contributed by atoms with van der Waals surface area (Å²) in [4.78, 5) is 55.4. The second kappa shape index (κ2) is 12.9. The number of carboxylic acid groups (broad SMARTS) is 3. The zero-order valence-electron chi connectivity index (χ0n) is 25.5. The topological polar surface area (TPSA) is 174 Å². The third-order valence-electron chi connectivity index (χ3n) is 8.76. The van der Waals surface area contributed by atoms with Gasteiger partial charge in [-0.1, -0.05) is 55.8 Å². The second-order valence-corrected chi connectivity index (χ2v) is 11.3. The molecule has 2 unspecified atom stereocenters. The summed E-state index contributed by atoms with van der Waals surface area (Å²) in [6, 6.07) is 5.38. The minimum Gasteiger partial charge on any atom is -0.657 e. The molecule has 237 valence electrons. The number of hydrogen-bond donors (Lipinski definition) is 0. The minimum atomic E-state index is -1.52. The predicted molar refractivity (Wildman–Crippen MR) is 160 cm³/mol. The van der Waals surface area contributed by atoms with Crippen molar-refractivity contribution in [3.05, 3.63) is 75.4 Å². The fourth-order valence-electron chi connectivity index (χ4n) is 6.34. The molecule has 2 aliphatic heterocycles. The number of allylic oxidation sites excluding steroid dienone is 2. The molecule has 3 aromatic rings. The van der Waals surface area contributed by atoms with Gasteiger partial charge in [-0.2, -0.15) is 0 Å². The van der Waals surface area contributed by atoms with Crippen molar-refractivity contribution >= 4 is 57.2 Å². The van der Waals surface area contributed by atoms with Gasteiger partial charge in [0.25, 0.3) is 0 Å². The molecule has 0 N–H and O–H groups in total. The summed E-state index contributed by atoms with van der Waals surface area (Å²) < 4.78 is 0.